The Morgan fingerprint density at radius 1 is 0.923 bits per heavy atom. The van der Waals surface area contributed by atoms with E-state index in [2.05, 4.69) is 4.72 Å². The average molecular weight is 372 g/mol. The van der Waals surface area contributed by atoms with Crippen molar-refractivity contribution in [1.29, 1.82) is 0 Å². The molecule has 0 spiro atoms. The highest BCUT2D eigenvalue weighted by Crippen LogP contribution is 2.26. The Morgan fingerprint density at radius 2 is 1.58 bits per heavy atom. The van der Waals surface area contributed by atoms with Gasteiger partial charge in [-0.05, 0) is 80.6 Å². The van der Waals surface area contributed by atoms with Crippen LogP contribution in [0.1, 0.15) is 36.0 Å². The smallest absolute Gasteiger partial charge is 0.262 e. The predicted octanol–water partition coefficient (Wildman–Crippen LogP) is 3.93. The molecule has 6 heteroatoms. The van der Waals surface area contributed by atoms with E-state index >= 15 is 0 Å². The normalized spacial score (nSPS) is 15.2. The molecule has 1 aliphatic heterocycles. The lowest BCUT2D eigenvalue weighted by Gasteiger charge is -2.26. The van der Waals surface area contributed by atoms with Crippen molar-refractivity contribution in [2.75, 3.05) is 16.2 Å². The quantitative estimate of drug-likeness (QED) is 0.884. The van der Waals surface area contributed by atoms with Gasteiger partial charge in [-0.3, -0.25) is 9.52 Å². The van der Waals surface area contributed by atoms with Gasteiger partial charge < -0.3 is 4.90 Å². The van der Waals surface area contributed by atoms with Crippen molar-refractivity contribution in [3.05, 3.63) is 53.1 Å². The number of amides is 1. The van der Waals surface area contributed by atoms with Crippen molar-refractivity contribution in [3.63, 3.8) is 0 Å². The molecular weight excluding hydrogens is 348 g/mol. The summed E-state index contributed by atoms with van der Waals surface area (Å²) < 4.78 is 28.1. The van der Waals surface area contributed by atoms with Gasteiger partial charge in [0, 0.05) is 24.3 Å². The summed E-state index contributed by atoms with van der Waals surface area (Å²) in [7, 11) is -3.66. The molecule has 3 rings (SSSR count). The number of nitrogens with zero attached hydrogens (tertiary/aromatic N) is 1. The second-order valence-electron chi connectivity index (χ2n) is 6.86. The van der Waals surface area contributed by atoms with Gasteiger partial charge in [-0.1, -0.05) is 6.07 Å². The monoisotopic (exact) mass is 372 g/mol. The molecule has 1 saturated heterocycles. The van der Waals surface area contributed by atoms with Gasteiger partial charge in [0.05, 0.1) is 4.90 Å². The van der Waals surface area contributed by atoms with Crippen molar-refractivity contribution < 1.29 is 13.2 Å². The number of rotatable bonds is 4. The van der Waals surface area contributed by atoms with E-state index < -0.39 is 10.0 Å². The van der Waals surface area contributed by atoms with Gasteiger partial charge in [-0.15, -0.1) is 0 Å². The molecule has 1 amide bonds. The Hall–Kier alpha value is -2.34. The van der Waals surface area contributed by atoms with Crippen LogP contribution in [0.4, 0.5) is 11.4 Å². The van der Waals surface area contributed by atoms with Crippen molar-refractivity contribution in [1.82, 2.24) is 0 Å². The lowest BCUT2D eigenvalue weighted by atomic mass is 10.1. The molecule has 5 nitrogen and oxygen atoms in total. The lowest BCUT2D eigenvalue weighted by Crippen LogP contribution is -2.35. The van der Waals surface area contributed by atoms with Crippen LogP contribution in [0.15, 0.2) is 41.3 Å². The maximum Gasteiger partial charge on any atom is 0.262 e. The Morgan fingerprint density at radius 3 is 2.23 bits per heavy atom. The number of benzene rings is 2. The fourth-order valence-corrected chi connectivity index (χ4v) is 4.59. The molecule has 1 heterocycles. The van der Waals surface area contributed by atoms with E-state index in [1.54, 1.807) is 42.2 Å². The van der Waals surface area contributed by atoms with Crippen molar-refractivity contribution >= 4 is 27.3 Å². The summed E-state index contributed by atoms with van der Waals surface area (Å²) >= 11 is 0. The van der Waals surface area contributed by atoms with Crippen LogP contribution in [-0.4, -0.2) is 20.9 Å². The third kappa shape index (κ3) is 3.75. The Balaban J connectivity index is 1.82. The van der Waals surface area contributed by atoms with Gasteiger partial charge in [-0.2, -0.15) is 0 Å². The molecule has 2 aromatic rings. The fraction of sp³-hybridized carbons (Fsp3) is 0.350. The highest BCUT2D eigenvalue weighted by molar-refractivity contribution is 7.92. The number of carbonyl (C=O) groups excluding carboxylic acids is 1. The summed E-state index contributed by atoms with van der Waals surface area (Å²) in [5, 5.41) is 0. The number of carbonyl (C=O) groups is 1. The van der Waals surface area contributed by atoms with E-state index in [0.29, 0.717) is 18.7 Å². The number of aryl methyl sites for hydroxylation is 3. The Kier molecular flexibility index (Phi) is 5.05. The first kappa shape index (κ1) is 18.5. The van der Waals surface area contributed by atoms with Crippen LogP contribution in [0.2, 0.25) is 0 Å². The van der Waals surface area contributed by atoms with Gasteiger partial charge >= 0.3 is 0 Å². The summed E-state index contributed by atoms with van der Waals surface area (Å²) in [6.07, 6.45) is 2.50. The lowest BCUT2D eigenvalue weighted by molar-refractivity contribution is -0.119. The second kappa shape index (κ2) is 7.11. The van der Waals surface area contributed by atoms with Gasteiger partial charge in [0.2, 0.25) is 5.91 Å². The molecule has 0 radical (unpaired) electrons. The number of anilines is 2. The van der Waals surface area contributed by atoms with E-state index in [1.165, 1.54) is 0 Å². The van der Waals surface area contributed by atoms with Gasteiger partial charge in [0.1, 0.15) is 0 Å². The highest BCUT2D eigenvalue weighted by Gasteiger charge is 2.21. The number of nitrogens with one attached hydrogen (secondary N) is 1. The van der Waals surface area contributed by atoms with Gasteiger partial charge in [0.25, 0.3) is 10.0 Å². The first-order chi connectivity index (χ1) is 12.3. The summed E-state index contributed by atoms with van der Waals surface area (Å²) in [6.45, 7) is 6.38. The molecular formula is C20H24N2O3S. The molecule has 0 atom stereocenters. The largest absolute Gasteiger partial charge is 0.312 e. The molecule has 0 saturated carbocycles. The van der Waals surface area contributed by atoms with Crippen LogP contribution in [0.5, 0.6) is 0 Å². The predicted molar refractivity (Wildman–Crippen MR) is 104 cm³/mol. The first-order valence-electron chi connectivity index (χ1n) is 8.79. The summed E-state index contributed by atoms with van der Waals surface area (Å²) in [5.41, 5.74) is 4.01. The third-order valence-corrected chi connectivity index (χ3v) is 6.36. The molecule has 0 aliphatic carbocycles. The van der Waals surface area contributed by atoms with Crippen molar-refractivity contribution in [2.45, 2.75) is 44.9 Å². The minimum absolute atomic E-state index is 0.121. The fourth-order valence-electron chi connectivity index (χ4n) is 3.22. The molecule has 26 heavy (non-hydrogen) atoms. The molecule has 1 N–H and O–H groups in total. The zero-order valence-corrected chi connectivity index (χ0v) is 16.2. The zero-order chi connectivity index (χ0) is 18.9. The first-order valence-corrected chi connectivity index (χ1v) is 10.3. The molecule has 1 aliphatic rings. The van der Waals surface area contributed by atoms with Crippen LogP contribution in [0.25, 0.3) is 0 Å². The zero-order valence-electron chi connectivity index (χ0n) is 15.4. The van der Waals surface area contributed by atoms with Crippen LogP contribution < -0.4 is 9.62 Å². The molecule has 0 aromatic heterocycles. The van der Waals surface area contributed by atoms with Crippen LogP contribution in [0.3, 0.4) is 0 Å². The van der Waals surface area contributed by atoms with Crippen molar-refractivity contribution in [2.24, 2.45) is 0 Å². The Bertz CT molecular complexity index is 934. The molecule has 0 bridgehead atoms. The van der Waals surface area contributed by atoms with Gasteiger partial charge in [-0.25, -0.2) is 8.42 Å². The average Bonchev–Trinajstić information content (AvgIpc) is 2.59. The topological polar surface area (TPSA) is 66.5 Å². The molecule has 0 unspecified atom stereocenters. The maximum absolute atomic E-state index is 12.7. The van der Waals surface area contributed by atoms with E-state index in [-0.39, 0.29) is 10.8 Å². The number of sulfonamides is 1. The summed E-state index contributed by atoms with van der Waals surface area (Å²) in [6, 6.07) is 10.6. The number of piperidine rings is 1. The molecule has 1 fully saturated rings. The standard InChI is InChI=1S/C20H24N2O3S/c1-14-12-16(3)19(13-15(14)2)26(24,25)21-17-7-9-18(10-8-17)22-11-5-4-6-20(22)23/h7-10,12-13,21H,4-6,11H2,1-3H3. The minimum atomic E-state index is -3.66. The van der Waals surface area contributed by atoms with E-state index in [4.69, 9.17) is 0 Å². The molecule has 2 aromatic carbocycles. The van der Waals surface area contributed by atoms with E-state index in [9.17, 15) is 13.2 Å². The van der Waals surface area contributed by atoms with Crippen LogP contribution >= 0.6 is 0 Å². The minimum Gasteiger partial charge on any atom is -0.312 e. The van der Waals surface area contributed by atoms with Crippen LogP contribution in [-0.2, 0) is 14.8 Å². The third-order valence-electron chi connectivity index (χ3n) is 4.84. The SMILES string of the molecule is Cc1cc(C)c(S(=O)(=O)Nc2ccc(N3CCCCC3=O)cc2)cc1C. The van der Waals surface area contributed by atoms with Gasteiger partial charge in [0.15, 0.2) is 0 Å². The number of hydrogen-bond donors (Lipinski definition) is 1. The highest BCUT2D eigenvalue weighted by atomic mass is 32.2. The van der Waals surface area contributed by atoms with Crippen molar-refractivity contribution in [3.8, 4) is 0 Å². The summed E-state index contributed by atoms with van der Waals surface area (Å²) in [4.78, 5) is 14.1. The van der Waals surface area contributed by atoms with E-state index in [0.717, 1.165) is 35.2 Å². The van der Waals surface area contributed by atoms with Crippen LogP contribution in [0, 0.1) is 20.8 Å². The second-order valence-corrected chi connectivity index (χ2v) is 8.51. The Labute approximate surface area is 155 Å². The number of hydrogen-bond acceptors (Lipinski definition) is 3. The maximum atomic E-state index is 12.7. The van der Waals surface area contributed by atoms with E-state index in [1.807, 2.05) is 19.9 Å². The molecule has 138 valence electrons. The summed E-state index contributed by atoms with van der Waals surface area (Å²) in [5.74, 6) is 0.121.